The van der Waals surface area contributed by atoms with E-state index < -0.39 is 0 Å². The molecule has 0 heterocycles. The predicted molar refractivity (Wildman–Crippen MR) is 79.2 cm³/mol. The monoisotopic (exact) mass is 260 g/mol. The lowest BCUT2D eigenvalue weighted by Crippen LogP contribution is -2.35. The van der Waals surface area contributed by atoms with Crippen molar-refractivity contribution in [2.75, 3.05) is 5.32 Å². The molecule has 19 heavy (non-hydrogen) atoms. The number of hydrogen-bond acceptors (Lipinski definition) is 2. The fraction of sp³-hybridized carbons (Fsp3) is 0.562. The van der Waals surface area contributed by atoms with Gasteiger partial charge in [-0.3, -0.25) is 4.79 Å². The summed E-state index contributed by atoms with van der Waals surface area (Å²) in [6.07, 6.45) is 5.21. The van der Waals surface area contributed by atoms with Crippen LogP contribution in [-0.4, -0.2) is 11.9 Å². The second-order valence-corrected chi connectivity index (χ2v) is 5.88. The number of hydrogen-bond donors (Lipinski definition) is 2. The Kier molecular flexibility index (Phi) is 4.46. The molecule has 3 N–H and O–H groups in total. The molecule has 1 aliphatic rings. The third kappa shape index (κ3) is 3.49. The number of amides is 1. The zero-order chi connectivity index (χ0) is 13.8. The maximum Gasteiger partial charge on any atom is 0.248 e. The van der Waals surface area contributed by atoms with Crippen molar-refractivity contribution < 1.29 is 4.79 Å². The Labute approximate surface area is 115 Å². The Balaban J connectivity index is 2.04. The van der Waals surface area contributed by atoms with Crippen molar-refractivity contribution in [2.24, 2.45) is 17.6 Å². The van der Waals surface area contributed by atoms with Crippen LogP contribution in [0.3, 0.4) is 0 Å². The highest BCUT2D eigenvalue weighted by molar-refractivity contribution is 5.93. The highest BCUT2D eigenvalue weighted by Crippen LogP contribution is 2.32. The van der Waals surface area contributed by atoms with Gasteiger partial charge in [-0.25, -0.2) is 0 Å². The largest absolute Gasteiger partial charge is 0.382 e. The van der Waals surface area contributed by atoms with E-state index in [4.69, 9.17) is 5.73 Å². The Hall–Kier alpha value is -1.51. The van der Waals surface area contributed by atoms with Crippen molar-refractivity contribution in [2.45, 2.75) is 45.6 Å². The molecule has 1 amide bonds. The van der Waals surface area contributed by atoms with Gasteiger partial charge in [-0.15, -0.1) is 0 Å². The van der Waals surface area contributed by atoms with Crippen molar-refractivity contribution >= 4 is 11.6 Å². The average Bonchev–Trinajstić information content (AvgIpc) is 2.39. The van der Waals surface area contributed by atoms with E-state index in [0.29, 0.717) is 17.5 Å². The fourth-order valence-corrected chi connectivity index (χ4v) is 3.08. The standard InChI is InChI=1S/C16H24N2O/c1-11(2)14-5-3-4-6-15(14)18-13-9-7-12(8-10-13)16(17)19/h7-11,14-15,18H,3-6H2,1-2H3,(H2,17,19). The van der Waals surface area contributed by atoms with Gasteiger partial charge < -0.3 is 11.1 Å². The Bertz CT molecular complexity index is 425. The minimum Gasteiger partial charge on any atom is -0.382 e. The summed E-state index contributed by atoms with van der Waals surface area (Å²) < 4.78 is 0. The maximum atomic E-state index is 11.0. The molecule has 1 aromatic rings. The van der Waals surface area contributed by atoms with E-state index in [2.05, 4.69) is 19.2 Å². The second-order valence-electron chi connectivity index (χ2n) is 5.88. The van der Waals surface area contributed by atoms with Crippen LogP contribution in [0.15, 0.2) is 24.3 Å². The normalized spacial score (nSPS) is 23.3. The van der Waals surface area contributed by atoms with Gasteiger partial charge in [0.15, 0.2) is 0 Å². The van der Waals surface area contributed by atoms with E-state index in [1.54, 1.807) is 12.1 Å². The van der Waals surface area contributed by atoms with Gasteiger partial charge in [0.1, 0.15) is 0 Å². The first kappa shape index (κ1) is 13.9. The van der Waals surface area contributed by atoms with Gasteiger partial charge >= 0.3 is 0 Å². The number of primary amides is 1. The van der Waals surface area contributed by atoms with Crippen molar-refractivity contribution in [3.05, 3.63) is 29.8 Å². The minimum atomic E-state index is -0.371. The topological polar surface area (TPSA) is 55.1 Å². The molecule has 1 aromatic carbocycles. The zero-order valence-electron chi connectivity index (χ0n) is 11.9. The van der Waals surface area contributed by atoms with E-state index >= 15 is 0 Å². The van der Waals surface area contributed by atoms with Gasteiger partial charge in [0.25, 0.3) is 0 Å². The van der Waals surface area contributed by atoms with Crippen LogP contribution in [-0.2, 0) is 0 Å². The molecule has 1 saturated carbocycles. The number of carbonyl (C=O) groups is 1. The third-order valence-electron chi connectivity index (χ3n) is 4.20. The first-order chi connectivity index (χ1) is 9.08. The molecule has 2 unspecified atom stereocenters. The molecule has 0 aromatic heterocycles. The molecule has 1 fully saturated rings. The quantitative estimate of drug-likeness (QED) is 0.871. The van der Waals surface area contributed by atoms with Crippen LogP contribution >= 0.6 is 0 Å². The van der Waals surface area contributed by atoms with Gasteiger partial charge in [-0.2, -0.15) is 0 Å². The molecule has 0 bridgehead atoms. The van der Waals surface area contributed by atoms with Crippen molar-refractivity contribution in [3.8, 4) is 0 Å². The van der Waals surface area contributed by atoms with Crippen molar-refractivity contribution in [1.29, 1.82) is 0 Å². The minimum absolute atomic E-state index is 0.371. The maximum absolute atomic E-state index is 11.0. The smallest absolute Gasteiger partial charge is 0.248 e. The Morgan fingerprint density at radius 3 is 2.42 bits per heavy atom. The summed E-state index contributed by atoms with van der Waals surface area (Å²) in [5, 5.41) is 3.63. The van der Waals surface area contributed by atoms with Crippen LogP contribution < -0.4 is 11.1 Å². The lowest BCUT2D eigenvalue weighted by atomic mass is 9.78. The second kappa shape index (κ2) is 6.09. The highest BCUT2D eigenvalue weighted by Gasteiger charge is 2.27. The fourth-order valence-electron chi connectivity index (χ4n) is 3.08. The van der Waals surface area contributed by atoms with E-state index in [1.807, 2.05) is 12.1 Å². The summed E-state index contributed by atoms with van der Waals surface area (Å²) in [5.74, 6) is 1.08. The summed E-state index contributed by atoms with van der Waals surface area (Å²) in [6, 6.07) is 8.03. The van der Waals surface area contributed by atoms with Crippen LogP contribution in [0.1, 0.15) is 49.9 Å². The number of nitrogens with two attached hydrogens (primary N) is 1. The van der Waals surface area contributed by atoms with Gasteiger partial charge in [-0.1, -0.05) is 26.7 Å². The number of anilines is 1. The highest BCUT2D eigenvalue weighted by atomic mass is 16.1. The van der Waals surface area contributed by atoms with E-state index in [1.165, 1.54) is 25.7 Å². The number of carbonyl (C=O) groups excluding carboxylic acids is 1. The first-order valence-corrected chi connectivity index (χ1v) is 7.24. The molecule has 1 aliphatic carbocycles. The van der Waals surface area contributed by atoms with Crippen LogP contribution in [0.4, 0.5) is 5.69 Å². The van der Waals surface area contributed by atoms with Gasteiger partial charge in [0, 0.05) is 17.3 Å². The molecule has 2 atom stereocenters. The SMILES string of the molecule is CC(C)C1CCCCC1Nc1ccc(C(N)=O)cc1. The van der Waals surface area contributed by atoms with E-state index in [0.717, 1.165) is 11.6 Å². The number of benzene rings is 1. The Morgan fingerprint density at radius 2 is 1.84 bits per heavy atom. The third-order valence-corrected chi connectivity index (χ3v) is 4.20. The number of rotatable bonds is 4. The summed E-state index contributed by atoms with van der Waals surface area (Å²) in [6.45, 7) is 4.61. The van der Waals surface area contributed by atoms with Gasteiger partial charge in [-0.05, 0) is 48.9 Å². The Morgan fingerprint density at radius 1 is 1.21 bits per heavy atom. The van der Waals surface area contributed by atoms with Crippen molar-refractivity contribution in [1.82, 2.24) is 0 Å². The summed E-state index contributed by atoms with van der Waals surface area (Å²) in [7, 11) is 0. The van der Waals surface area contributed by atoms with Crippen LogP contribution in [0.2, 0.25) is 0 Å². The average molecular weight is 260 g/mol. The van der Waals surface area contributed by atoms with Crippen molar-refractivity contribution in [3.63, 3.8) is 0 Å². The predicted octanol–water partition coefficient (Wildman–Crippen LogP) is 3.41. The summed E-state index contributed by atoms with van der Waals surface area (Å²) in [5.41, 5.74) is 6.90. The molecule has 104 valence electrons. The van der Waals surface area contributed by atoms with E-state index in [-0.39, 0.29) is 5.91 Å². The number of nitrogens with one attached hydrogen (secondary N) is 1. The first-order valence-electron chi connectivity index (χ1n) is 7.24. The molecule has 0 radical (unpaired) electrons. The zero-order valence-corrected chi connectivity index (χ0v) is 11.9. The summed E-state index contributed by atoms with van der Waals surface area (Å²) >= 11 is 0. The lowest BCUT2D eigenvalue weighted by Gasteiger charge is -2.35. The summed E-state index contributed by atoms with van der Waals surface area (Å²) in [4.78, 5) is 11.0. The molecule has 3 nitrogen and oxygen atoms in total. The van der Waals surface area contributed by atoms with Gasteiger partial charge in [0.05, 0.1) is 0 Å². The molecular formula is C16H24N2O. The van der Waals surface area contributed by atoms with Crippen LogP contribution in [0.25, 0.3) is 0 Å². The van der Waals surface area contributed by atoms with Crippen LogP contribution in [0.5, 0.6) is 0 Å². The van der Waals surface area contributed by atoms with Gasteiger partial charge in [0.2, 0.25) is 5.91 Å². The molecule has 0 aliphatic heterocycles. The molecule has 0 saturated heterocycles. The van der Waals surface area contributed by atoms with E-state index in [9.17, 15) is 4.79 Å². The molecular weight excluding hydrogens is 236 g/mol. The molecule has 0 spiro atoms. The van der Waals surface area contributed by atoms with Crippen LogP contribution in [0, 0.1) is 11.8 Å². The lowest BCUT2D eigenvalue weighted by molar-refractivity contribution is 0.100. The molecule has 2 rings (SSSR count). The molecule has 3 heteroatoms.